The molecule has 4 aliphatic rings. The van der Waals surface area contributed by atoms with E-state index in [9.17, 15) is 24.3 Å². The van der Waals surface area contributed by atoms with Crippen molar-refractivity contribution in [2.45, 2.75) is 116 Å². The van der Waals surface area contributed by atoms with E-state index in [0.717, 1.165) is 12.8 Å². The summed E-state index contributed by atoms with van der Waals surface area (Å²) in [5.74, 6) is -3.17. The lowest BCUT2D eigenvalue weighted by Crippen LogP contribution is -2.70. The van der Waals surface area contributed by atoms with Gasteiger partial charge in [0.2, 0.25) is 5.78 Å². The van der Waals surface area contributed by atoms with E-state index in [4.69, 9.17) is 9.47 Å². The maximum Gasteiger partial charge on any atom is 0.306 e. The van der Waals surface area contributed by atoms with E-state index in [1.54, 1.807) is 13.0 Å². The summed E-state index contributed by atoms with van der Waals surface area (Å²) in [7, 11) is 0. The van der Waals surface area contributed by atoms with Gasteiger partial charge in [0.1, 0.15) is 0 Å². The summed E-state index contributed by atoms with van der Waals surface area (Å²) in [5.41, 5.74) is -5.27. The van der Waals surface area contributed by atoms with Crippen LogP contribution in [0.25, 0.3) is 0 Å². The van der Waals surface area contributed by atoms with Crippen molar-refractivity contribution in [3.8, 4) is 0 Å². The van der Waals surface area contributed by atoms with Crippen molar-refractivity contribution >= 4 is 23.5 Å². The number of hydrogen-bond donors (Lipinski definition) is 1. The Morgan fingerprint density at radius 1 is 1.07 bits per heavy atom. The lowest BCUT2D eigenvalue weighted by molar-refractivity contribution is -0.228. The Morgan fingerprint density at radius 3 is 2.38 bits per heavy atom. The number of halogens is 1. The van der Waals surface area contributed by atoms with Gasteiger partial charge in [-0.15, -0.1) is 0 Å². The third kappa shape index (κ3) is 4.49. The number of esters is 2. The molecule has 8 atom stereocenters. The SMILES string of the molecule is CCCCC(=O)OCC(=O)[C@]1(OC(=O)CCCC)[C@@H](C)C[C@@H]2[C@H]3CCC4=CC(=O)C=C[C@]4(C)[C@]3(F)[C@@H](O)C[C@@]21C. The molecule has 3 saturated carbocycles. The Balaban J connectivity index is 1.74. The standard InChI is InChI=1S/C32H45FO7/c1-6-8-10-27(37)39-19-26(36)32(40-28(38)11-9-7-2)20(3)16-24-23-13-12-21-17-22(34)14-15-29(21,4)31(23,33)25(35)18-30(24,32)5/h14-15,17,20,23-25,35H,6-13,16,18-19H2,1-5H3/t20-,23+,24+,25-,29-,30-,31+,32+/m0/s1. The predicted molar refractivity (Wildman–Crippen MR) is 147 cm³/mol. The second-order valence-corrected chi connectivity index (χ2v) is 12.9. The average Bonchev–Trinajstić information content (AvgIpc) is 3.12. The zero-order valence-electron chi connectivity index (χ0n) is 24.6. The van der Waals surface area contributed by atoms with E-state index in [2.05, 4.69) is 0 Å². The van der Waals surface area contributed by atoms with E-state index in [1.165, 1.54) is 12.2 Å². The number of rotatable bonds is 10. The van der Waals surface area contributed by atoms with Crippen molar-refractivity contribution in [2.24, 2.45) is 28.6 Å². The molecule has 0 aromatic rings. The fourth-order valence-electron chi connectivity index (χ4n) is 8.60. The largest absolute Gasteiger partial charge is 0.457 e. The second kappa shape index (κ2) is 11.1. The van der Waals surface area contributed by atoms with E-state index in [1.807, 2.05) is 27.7 Å². The molecular formula is C32H45FO7. The molecule has 0 spiro atoms. The minimum absolute atomic E-state index is 0.101. The summed E-state index contributed by atoms with van der Waals surface area (Å²) in [5, 5.41) is 11.7. The quantitative estimate of drug-likeness (QED) is 0.358. The lowest BCUT2D eigenvalue weighted by atomic mass is 9.44. The summed E-state index contributed by atoms with van der Waals surface area (Å²) in [6.45, 7) is 8.80. The minimum Gasteiger partial charge on any atom is -0.457 e. The maximum absolute atomic E-state index is 17.5. The summed E-state index contributed by atoms with van der Waals surface area (Å²) in [4.78, 5) is 51.7. The normalized spacial score (nSPS) is 40.0. The molecule has 40 heavy (non-hydrogen) atoms. The third-order valence-corrected chi connectivity index (χ3v) is 10.7. The van der Waals surface area contributed by atoms with Crippen molar-refractivity contribution in [2.75, 3.05) is 6.61 Å². The number of alkyl halides is 1. The second-order valence-electron chi connectivity index (χ2n) is 12.9. The number of aliphatic hydroxyl groups excluding tert-OH is 1. The Kier molecular flexibility index (Phi) is 8.53. The average molecular weight is 561 g/mol. The number of aliphatic hydroxyl groups is 1. The highest BCUT2D eigenvalue weighted by atomic mass is 19.1. The van der Waals surface area contributed by atoms with Crippen LogP contribution in [-0.2, 0) is 28.7 Å². The Labute approximate surface area is 236 Å². The molecule has 0 amide bonds. The lowest BCUT2D eigenvalue weighted by Gasteiger charge is -2.62. The zero-order chi connectivity index (χ0) is 29.5. The minimum atomic E-state index is -2.06. The number of ketones is 2. The van der Waals surface area contributed by atoms with Gasteiger partial charge in [-0.25, -0.2) is 4.39 Å². The third-order valence-electron chi connectivity index (χ3n) is 10.7. The Bertz CT molecular complexity index is 1110. The molecule has 4 aliphatic carbocycles. The fraction of sp³-hybridized carbons (Fsp3) is 0.750. The van der Waals surface area contributed by atoms with Crippen LogP contribution in [0.2, 0.25) is 0 Å². The van der Waals surface area contributed by atoms with Gasteiger partial charge in [-0.1, -0.05) is 52.2 Å². The van der Waals surface area contributed by atoms with Crippen LogP contribution < -0.4 is 0 Å². The van der Waals surface area contributed by atoms with E-state index >= 15 is 4.39 Å². The highest BCUT2D eigenvalue weighted by molar-refractivity contribution is 6.01. The summed E-state index contributed by atoms with van der Waals surface area (Å²) >= 11 is 0. The first kappa shape index (κ1) is 30.6. The predicted octanol–water partition coefficient (Wildman–Crippen LogP) is 5.38. The van der Waals surface area contributed by atoms with Crippen LogP contribution in [0.4, 0.5) is 4.39 Å². The van der Waals surface area contributed by atoms with Gasteiger partial charge in [0.25, 0.3) is 0 Å². The van der Waals surface area contributed by atoms with E-state index < -0.39 is 64.4 Å². The highest BCUT2D eigenvalue weighted by Gasteiger charge is 2.77. The number of unbranched alkanes of at least 4 members (excludes halogenated alkanes) is 2. The molecule has 4 rings (SSSR count). The molecular weight excluding hydrogens is 515 g/mol. The molecule has 0 heterocycles. The van der Waals surface area contributed by atoms with Gasteiger partial charge in [-0.2, -0.15) is 0 Å². The molecule has 1 N–H and O–H groups in total. The monoisotopic (exact) mass is 560 g/mol. The number of allylic oxidation sites excluding steroid dienone is 4. The van der Waals surface area contributed by atoms with Crippen molar-refractivity contribution < 1.29 is 38.1 Å². The first-order valence-corrected chi connectivity index (χ1v) is 15.0. The van der Waals surface area contributed by atoms with Crippen molar-refractivity contribution in [3.63, 3.8) is 0 Å². The molecule has 0 aromatic carbocycles. The van der Waals surface area contributed by atoms with Gasteiger partial charge in [0, 0.05) is 35.5 Å². The van der Waals surface area contributed by atoms with Gasteiger partial charge in [-0.3, -0.25) is 19.2 Å². The highest BCUT2D eigenvalue weighted by Crippen LogP contribution is 2.71. The van der Waals surface area contributed by atoms with E-state index in [0.29, 0.717) is 37.7 Å². The van der Waals surface area contributed by atoms with Gasteiger partial charge in [0.05, 0.1) is 6.10 Å². The van der Waals surface area contributed by atoms with Crippen LogP contribution in [-0.4, -0.2) is 52.6 Å². The molecule has 7 nitrogen and oxygen atoms in total. The molecule has 0 aromatic heterocycles. The first-order valence-electron chi connectivity index (χ1n) is 15.0. The molecule has 3 fully saturated rings. The van der Waals surface area contributed by atoms with E-state index in [-0.39, 0.29) is 31.0 Å². The number of carbonyl (C=O) groups excluding carboxylic acids is 4. The molecule has 222 valence electrons. The number of fused-ring (bicyclic) bond motifs is 5. The molecule has 0 bridgehead atoms. The number of ether oxygens (including phenoxy) is 2. The van der Waals surface area contributed by atoms with Crippen LogP contribution >= 0.6 is 0 Å². The molecule has 8 heteroatoms. The number of carbonyl (C=O) groups is 4. The zero-order valence-corrected chi connectivity index (χ0v) is 24.6. The first-order chi connectivity index (χ1) is 18.8. The van der Waals surface area contributed by atoms with Gasteiger partial charge in [-0.05, 0) is 63.5 Å². The molecule has 0 unspecified atom stereocenters. The van der Waals surface area contributed by atoms with Gasteiger partial charge in [0.15, 0.2) is 23.7 Å². The van der Waals surface area contributed by atoms with Crippen molar-refractivity contribution in [3.05, 3.63) is 23.8 Å². The van der Waals surface area contributed by atoms with Crippen LogP contribution in [0.15, 0.2) is 23.8 Å². The molecule has 0 aliphatic heterocycles. The van der Waals surface area contributed by atoms with Crippen LogP contribution in [0.1, 0.15) is 98.8 Å². The number of Topliss-reactive ketones (excluding diaryl/α,β-unsaturated/α-hetero) is 1. The topological polar surface area (TPSA) is 107 Å². The maximum atomic E-state index is 17.5. The summed E-state index contributed by atoms with van der Waals surface area (Å²) < 4.78 is 29.1. The Morgan fingerprint density at radius 2 is 1.73 bits per heavy atom. The molecule has 0 saturated heterocycles. The van der Waals surface area contributed by atoms with Gasteiger partial charge < -0.3 is 14.6 Å². The summed E-state index contributed by atoms with van der Waals surface area (Å²) in [6.07, 6.45) is 7.38. The van der Waals surface area contributed by atoms with Crippen LogP contribution in [0.5, 0.6) is 0 Å². The Hall–Kier alpha value is -2.35. The summed E-state index contributed by atoms with van der Waals surface area (Å²) in [6, 6.07) is 0. The smallest absolute Gasteiger partial charge is 0.306 e. The van der Waals surface area contributed by atoms with Crippen molar-refractivity contribution in [1.29, 1.82) is 0 Å². The molecule has 0 radical (unpaired) electrons. The number of hydrogen-bond acceptors (Lipinski definition) is 7. The van der Waals surface area contributed by atoms with Crippen LogP contribution in [0.3, 0.4) is 0 Å². The van der Waals surface area contributed by atoms with Crippen molar-refractivity contribution in [1.82, 2.24) is 0 Å². The van der Waals surface area contributed by atoms with Gasteiger partial charge >= 0.3 is 11.9 Å². The van der Waals surface area contributed by atoms with Crippen LogP contribution in [0, 0.1) is 28.6 Å². The fourth-order valence-corrected chi connectivity index (χ4v) is 8.60.